The number of aromatic amines is 1. The molecular weight excluding hydrogens is 398 g/mol. The summed E-state index contributed by atoms with van der Waals surface area (Å²) in [7, 11) is 0. The predicted molar refractivity (Wildman–Crippen MR) is 111 cm³/mol. The summed E-state index contributed by atoms with van der Waals surface area (Å²) in [6.07, 6.45) is 8.42. The number of carboxylic acids is 1. The second kappa shape index (κ2) is 7.46. The van der Waals surface area contributed by atoms with Crippen LogP contribution in [0.1, 0.15) is 38.8 Å². The van der Waals surface area contributed by atoms with Crippen LogP contribution < -0.4 is 5.32 Å². The van der Waals surface area contributed by atoms with E-state index >= 15 is 0 Å². The van der Waals surface area contributed by atoms with Crippen molar-refractivity contribution in [1.82, 2.24) is 9.97 Å². The Morgan fingerprint density at radius 2 is 1.93 bits per heavy atom. The summed E-state index contributed by atoms with van der Waals surface area (Å²) in [6.45, 7) is 0. The van der Waals surface area contributed by atoms with E-state index in [1.54, 1.807) is 29.6 Å². The van der Waals surface area contributed by atoms with Crippen LogP contribution in [0.2, 0.25) is 5.02 Å². The molecule has 0 spiro atoms. The number of aromatic carboxylic acids is 1. The van der Waals surface area contributed by atoms with Crippen LogP contribution in [-0.2, 0) is 0 Å². The zero-order valence-corrected chi connectivity index (χ0v) is 16.0. The standard InChI is InChI=1S/C20H14ClN3O3S/c21-12-8-6-11(7-9-12)17-16(20(26)27)15(10-28-17)24-19(25)18-22-13-4-2-1-3-5-14(13)23-18/h2-10H,1H2,(H,22,23)(H,24,25)(H,26,27). The van der Waals surface area contributed by atoms with Gasteiger partial charge in [-0.3, -0.25) is 4.79 Å². The molecule has 1 aliphatic rings. The first-order chi connectivity index (χ1) is 13.5. The van der Waals surface area contributed by atoms with Crippen LogP contribution in [0.5, 0.6) is 0 Å². The maximum absolute atomic E-state index is 12.6. The van der Waals surface area contributed by atoms with E-state index in [4.69, 9.17) is 11.6 Å². The third-order valence-corrected chi connectivity index (χ3v) is 5.45. The molecule has 2 heterocycles. The van der Waals surface area contributed by atoms with Crippen molar-refractivity contribution in [2.75, 3.05) is 5.32 Å². The van der Waals surface area contributed by atoms with Gasteiger partial charge < -0.3 is 15.4 Å². The second-order valence-corrected chi connectivity index (χ2v) is 7.36. The minimum Gasteiger partial charge on any atom is -0.478 e. The lowest BCUT2D eigenvalue weighted by molar-refractivity contribution is 0.0699. The Labute approximate surface area is 169 Å². The Hall–Kier alpha value is -3.16. The van der Waals surface area contributed by atoms with Gasteiger partial charge >= 0.3 is 5.97 Å². The van der Waals surface area contributed by atoms with Crippen molar-refractivity contribution in [2.24, 2.45) is 0 Å². The molecule has 1 aromatic carbocycles. The molecule has 1 aliphatic carbocycles. The zero-order valence-electron chi connectivity index (χ0n) is 14.4. The number of allylic oxidation sites excluding steroid dienone is 2. The average molecular weight is 412 g/mol. The van der Waals surface area contributed by atoms with Crippen LogP contribution in [-0.4, -0.2) is 27.0 Å². The van der Waals surface area contributed by atoms with Gasteiger partial charge in [0.05, 0.1) is 22.0 Å². The van der Waals surface area contributed by atoms with Gasteiger partial charge in [0.1, 0.15) is 5.56 Å². The van der Waals surface area contributed by atoms with Crippen LogP contribution in [0.3, 0.4) is 0 Å². The first-order valence-corrected chi connectivity index (χ1v) is 9.64. The van der Waals surface area contributed by atoms with E-state index in [1.807, 2.05) is 24.3 Å². The summed E-state index contributed by atoms with van der Waals surface area (Å²) in [5.74, 6) is -1.50. The van der Waals surface area contributed by atoms with Crippen LogP contribution in [0.25, 0.3) is 22.6 Å². The number of carbonyl (C=O) groups excluding carboxylic acids is 1. The summed E-state index contributed by atoms with van der Waals surface area (Å²) in [5, 5.41) is 14.5. The van der Waals surface area contributed by atoms with Crippen molar-refractivity contribution in [1.29, 1.82) is 0 Å². The van der Waals surface area contributed by atoms with Gasteiger partial charge in [-0.2, -0.15) is 0 Å². The monoisotopic (exact) mass is 411 g/mol. The normalized spacial score (nSPS) is 12.5. The highest BCUT2D eigenvalue weighted by Gasteiger charge is 2.23. The van der Waals surface area contributed by atoms with Gasteiger partial charge in [-0.05, 0) is 36.3 Å². The lowest BCUT2D eigenvalue weighted by atomic mass is 10.1. The number of carbonyl (C=O) groups is 2. The number of nitrogens with zero attached hydrogens (tertiary/aromatic N) is 1. The van der Waals surface area contributed by atoms with E-state index in [-0.39, 0.29) is 17.1 Å². The van der Waals surface area contributed by atoms with E-state index in [1.165, 1.54) is 11.3 Å². The molecule has 0 saturated heterocycles. The van der Waals surface area contributed by atoms with Gasteiger partial charge in [-0.15, -0.1) is 11.3 Å². The molecule has 0 atom stereocenters. The van der Waals surface area contributed by atoms with Crippen molar-refractivity contribution in [2.45, 2.75) is 6.42 Å². The van der Waals surface area contributed by atoms with E-state index < -0.39 is 11.9 Å². The lowest BCUT2D eigenvalue weighted by Gasteiger charge is -2.05. The molecule has 0 fully saturated rings. The molecule has 8 heteroatoms. The number of imidazole rings is 1. The van der Waals surface area contributed by atoms with E-state index in [2.05, 4.69) is 15.3 Å². The maximum atomic E-state index is 12.6. The fourth-order valence-electron chi connectivity index (χ4n) is 2.86. The Bertz CT molecular complexity index is 1100. The van der Waals surface area contributed by atoms with Crippen LogP contribution in [0.4, 0.5) is 5.69 Å². The summed E-state index contributed by atoms with van der Waals surface area (Å²) in [5.41, 5.74) is 2.39. The second-order valence-electron chi connectivity index (χ2n) is 6.04. The van der Waals surface area contributed by atoms with Gasteiger partial charge in [-0.25, -0.2) is 9.78 Å². The number of H-pyrrole nitrogens is 1. The number of benzene rings is 1. The minimum atomic E-state index is -1.12. The topological polar surface area (TPSA) is 95.1 Å². The third kappa shape index (κ3) is 3.49. The first-order valence-electron chi connectivity index (χ1n) is 8.38. The molecule has 3 N–H and O–H groups in total. The molecule has 28 heavy (non-hydrogen) atoms. The fourth-order valence-corrected chi connectivity index (χ4v) is 3.99. The number of rotatable bonds is 4. The number of halogens is 1. The van der Waals surface area contributed by atoms with E-state index in [0.717, 1.165) is 12.1 Å². The highest BCUT2D eigenvalue weighted by molar-refractivity contribution is 7.14. The van der Waals surface area contributed by atoms with Crippen molar-refractivity contribution < 1.29 is 14.7 Å². The van der Waals surface area contributed by atoms with Crippen molar-refractivity contribution >= 4 is 52.7 Å². The number of hydrogen-bond donors (Lipinski definition) is 3. The van der Waals surface area contributed by atoms with Crippen LogP contribution in [0, 0.1) is 0 Å². The summed E-state index contributed by atoms with van der Waals surface area (Å²) >= 11 is 7.15. The molecule has 0 radical (unpaired) electrons. The molecule has 0 aliphatic heterocycles. The third-order valence-electron chi connectivity index (χ3n) is 4.17. The maximum Gasteiger partial charge on any atom is 0.339 e. The minimum absolute atomic E-state index is 0.0357. The molecule has 140 valence electrons. The number of amides is 1. The Balaban J connectivity index is 1.65. The van der Waals surface area contributed by atoms with Gasteiger partial charge in [0.15, 0.2) is 5.82 Å². The average Bonchev–Trinajstić information content (AvgIpc) is 3.21. The fraction of sp³-hybridized carbons (Fsp3) is 0.0500. The van der Waals surface area contributed by atoms with Gasteiger partial charge in [-0.1, -0.05) is 35.9 Å². The first kappa shape index (κ1) is 18.2. The highest BCUT2D eigenvalue weighted by atomic mass is 35.5. The molecule has 0 saturated carbocycles. The quantitative estimate of drug-likeness (QED) is 0.551. The van der Waals surface area contributed by atoms with Crippen molar-refractivity contribution in [3.05, 3.63) is 69.6 Å². The summed E-state index contributed by atoms with van der Waals surface area (Å²) in [4.78, 5) is 32.3. The molecule has 2 aromatic heterocycles. The molecular formula is C20H14ClN3O3S. The molecule has 3 aromatic rings. The van der Waals surface area contributed by atoms with Crippen molar-refractivity contribution in [3.63, 3.8) is 0 Å². The predicted octanol–water partition coefficient (Wildman–Crippen LogP) is 5.17. The zero-order chi connectivity index (χ0) is 19.7. The molecule has 6 nitrogen and oxygen atoms in total. The summed E-state index contributed by atoms with van der Waals surface area (Å²) in [6, 6.07) is 6.87. The smallest absolute Gasteiger partial charge is 0.339 e. The van der Waals surface area contributed by atoms with Crippen LogP contribution in [0.15, 0.2) is 41.8 Å². The number of anilines is 1. The Morgan fingerprint density at radius 3 is 2.68 bits per heavy atom. The largest absolute Gasteiger partial charge is 0.478 e. The Kier molecular flexibility index (Phi) is 4.85. The number of nitrogens with one attached hydrogen (secondary N) is 2. The van der Waals surface area contributed by atoms with E-state index in [0.29, 0.717) is 21.2 Å². The highest BCUT2D eigenvalue weighted by Crippen LogP contribution is 2.36. The number of hydrogen-bond acceptors (Lipinski definition) is 4. The molecule has 0 bridgehead atoms. The van der Waals surface area contributed by atoms with Gasteiger partial charge in [0, 0.05) is 10.4 Å². The number of aromatic nitrogens is 2. The van der Waals surface area contributed by atoms with E-state index in [9.17, 15) is 14.7 Å². The number of fused-ring (bicyclic) bond motifs is 1. The van der Waals surface area contributed by atoms with Crippen LogP contribution >= 0.6 is 22.9 Å². The molecule has 4 rings (SSSR count). The molecule has 1 amide bonds. The lowest BCUT2D eigenvalue weighted by Crippen LogP contribution is -2.15. The van der Waals surface area contributed by atoms with Gasteiger partial charge in [0.2, 0.25) is 0 Å². The SMILES string of the molecule is O=C(Nc1csc(-c2ccc(Cl)cc2)c1C(=O)O)c1nc2c([nH]1)C=CCC=C2. The summed E-state index contributed by atoms with van der Waals surface area (Å²) < 4.78 is 0. The number of thiophene rings is 1. The molecule has 0 unspecified atom stereocenters. The van der Waals surface area contributed by atoms with Gasteiger partial charge in [0.25, 0.3) is 5.91 Å². The Morgan fingerprint density at radius 1 is 1.18 bits per heavy atom. The van der Waals surface area contributed by atoms with Crippen molar-refractivity contribution in [3.8, 4) is 10.4 Å². The number of carboxylic acid groups (broad SMARTS) is 1.